The van der Waals surface area contributed by atoms with Crippen molar-refractivity contribution in [2.75, 3.05) is 0 Å². The first-order chi connectivity index (χ1) is 10.4. The molecule has 0 unspecified atom stereocenters. The highest BCUT2D eigenvalue weighted by Crippen LogP contribution is 2.07. The molecule has 0 radical (unpaired) electrons. The first kappa shape index (κ1) is 17.4. The predicted molar refractivity (Wildman–Crippen MR) is 85.0 cm³/mol. The average molecular weight is 300 g/mol. The van der Waals surface area contributed by atoms with Gasteiger partial charge in [0.25, 0.3) is 0 Å². The van der Waals surface area contributed by atoms with Crippen LogP contribution >= 0.6 is 0 Å². The van der Waals surface area contributed by atoms with Crippen LogP contribution in [0.1, 0.15) is 22.3 Å². The summed E-state index contributed by atoms with van der Waals surface area (Å²) in [5.74, 6) is -1.56. The van der Waals surface area contributed by atoms with Crippen LogP contribution in [-0.4, -0.2) is 22.2 Å². The first-order valence-corrected chi connectivity index (χ1v) is 6.92. The van der Waals surface area contributed by atoms with Gasteiger partial charge in [0.1, 0.15) is 0 Å². The van der Waals surface area contributed by atoms with Gasteiger partial charge in [-0.25, -0.2) is 0 Å². The van der Waals surface area contributed by atoms with Crippen molar-refractivity contribution >= 4 is 11.9 Å². The maximum Gasteiger partial charge on any atom is 0.307 e. The fourth-order valence-electron chi connectivity index (χ4n) is 1.94. The SMILES string of the molecule is Cc1ccccc1CC(=O)O.Cc1ccccc1CC(=O)O. The zero-order valence-electron chi connectivity index (χ0n) is 12.7. The Hall–Kier alpha value is -2.62. The summed E-state index contributed by atoms with van der Waals surface area (Å²) in [6, 6.07) is 15.0. The number of carboxylic acid groups (broad SMARTS) is 2. The molecule has 0 aliphatic rings. The first-order valence-electron chi connectivity index (χ1n) is 6.92. The molecule has 2 rings (SSSR count). The van der Waals surface area contributed by atoms with Crippen molar-refractivity contribution in [3.05, 3.63) is 70.8 Å². The van der Waals surface area contributed by atoms with Gasteiger partial charge < -0.3 is 10.2 Å². The van der Waals surface area contributed by atoms with Crippen molar-refractivity contribution in [1.29, 1.82) is 0 Å². The Morgan fingerprint density at radius 1 is 0.727 bits per heavy atom. The summed E-state index contributed by atoms with van der Waals surface area (Å²) in [5.41, 5.74) is 3.85. The Balaban J connectivity index is 0.000000220. The minimum atomic E-state index is -0.778. The third kappa shape index (κ3) is 6.22. The Morgan fingerprint density at radius 2 is 1.05 bits per heavy atom. The molecule has 0 saturated carbocycles. The lowest BCUT2D eigenvalue weighted by Gasteiger charge is -1.99. The van der Waals surface area contributed by atoms with Gasteiger partial charge in [-0.05, 0) is 36.1 Å². The second-order valence-corrected chi connectivity index (χ2v) is 4.99. The van der Waals surface area contributed by atoms with Crippen molar-refractivity contribution in [1.82, 2.24) is 0 Å². The summed E-state index contributed by atoms with van der Waals surface area (Å²) in [6.45, 7) is 3.83. The highest BCUT2D eigenvalue weighted by atomic mass is 16.4. The highest BCUT2D eigenvalue weighted by Gasteiger charge is 2.02. The number of rotatable bonds is 4. The quantitative estimate of drug-likeness (QED) is 0.909. The van der Waals surface area contributed by atoms with Crippen LogP contribution in [0.2, 0.25) is 0 Å². The van der Waals surface area contributed by atoms with Crippen LogP contribution in [0.3, 0.4) is 0 Å². The minimum Gasteiger partial charge on any atom is -0.481 e. The Labute approximate surface area is 130 Å². The molecular formula is C18H20O4. The number of carboxylic acids is 2. The third-order valence-electron chi connectivity index (χ3n) is 3.21. The number of benzene rings is 2. The lowest BCUT2D eigenvalue weighted by atomic mass is 10.1. The monoisotopic (exact) mass is 300 g/mol. The van der Waals surface area contributed by atoms with E-state index in [1.54, 1.807) is 0 Å². The molecule has 2 N–H and O–H groups in total. The molecule has 0 aromatic heterocycles. The zero-order valence-corrected chi connectivity index (χ0v) is 12.7. The molecule has 0 heterocycles. The van der Waals surface area contributed by atoms with E-state index >= 15 is 0 Å². The Kier molecular flexibility index (Phi) is 6.83. The van der Waals surface area contributed by atoms with E-state index in [0.717, 1.165) is 22.3 Å². The maximum absolute atomic E-state index is 10.3. The summed E-state index contributed by atoms with van der Waals surface area (Å²) in [7, 11) is 0. The van der Waals surface area contributed by atoms with Gasteiger partial charge in [0.2, 0.25) is 0 Å². The largest absolute Gasteiger partial charge is 0.481 e. The van der Waals surface area contributed by atoms with Gasteiger partial charge in [-0.3, -0.25) is 9.59 Å². The smallest absolute Gasteiger partial charge is 0.307 e. The molecule has 0 fully saturated rings. The van der Waals surface area contributed by atoms with Crippen LogP contribution in [0, 0.1) is 13.8 Å². The van der Waals surface area contributed by atoms with Gasteiger partial charge in [0.05, 0.1) is 12.8 Å². The van der Waals surface area contributed by atoms with E-state index in [0.29, 0.717) is 0 Å². The fraction of sp³-hybridized carbons (Fsp3) is 0.222. The van der Waals surface area contributed by atoms with Crippen LogP contribution in [-0.2, 0) is 22.4 Å². The van der Waals surface area contributed by atoms with E-state index in [4.69, 9.17) is 10.2 Å². The lowest BCUT2D eigenvalue weighted by molar-refractivity contribution is -0.137. The molecular weight excluding hydrogens is 280 g/mol. The number of hydrogen-bond donors (Lipinski definition) is 2. The molecule has 22 heavy (non-hydrogen) atoms. The molecule has 0 spiro atoms. The third-order valence-corrected chi connectivity index (χ3v) is 3.21. The van der Waals surface area contributed by atoms with E-state index in [-0.39, 0.29) is 12.8 Å². The number of hydrogen-bond acceptors (Lipinski definition) is 2. The summed E-state index contributed by atoms with van der Waals surface area (Å²) in [4.78, 5) is 20.6. The van der Waals surface area contributed by atoms with Crippen LogP contribution in [0.15, 0.2) is 48.5 Å². The summed E-state index contributed by atoms with van der Waals surface area (Å²) in [6.07, 6.45) is 0.235. The van der Waals surface area contributed by atoms with Gasteiger partial charge in [-0.1, -0.05) is 48.5 Å². The number of aliphatic carboxylic acids is 2. The van der Waals surface area contributed by atoms with Crippen molar-refractivity contribution in [3.63, 3.8) is 0 Å². The van der Waals surface area contributed by atoms with Crippen molar-refractivity contribution in [2.45, 2.75) is 26.7 Å². The predicted octanol–water partition coefficient (Wildman–Crippen LogP) is 3.24. The van der Waals surface area contributed by atoms with Gasteiger partial charge in [-0.2, -0.15) is 0 Å². The molecule has 0 aliphatic carbocycles. The summed E-state index contributed by atoms with van der Waals surface area (Å²) >= 11 is 0. The second kappa shape index (κ2) is 8.62. The van der Waals surface area contributed by atoms with Crippen LogP contribution < -0.4 is 0 Å². The van der Waals surface area contributed by atoms with Crippen molar-refractivity contribution < 1.29 is 19.8 Å². The van der Waals surface area contributed by atoms with E-state index < -0.39 is 11.9 Å². The van der Waals surface area contributed by atoms with E-state index in [1.165, 1.54) is 0 Å². The molecule has 2 aromatic carbocycles. The molecule has 0 amide bonds. The van der Waals surface area contributed by atoms with Crippen molar-refractivity contribution in [3.8, 4) is 0 Å². The maximum atomic E-state index is 10.3. The average Bonchev–Trinajstić information content (AvgIpc) is 2.44. The second-order valence-electron chi connectivity index (χ2n) is 4.99. The molecule has 0 atom stereocenters. The molecule has 0 saturated heterocycles. The van der Waals surface area contributed by atoms with Crippen LogP contribution in [0.5, 0.6) is 0 Å². The minimum absolute atomic E-state index is 0.118. The van der Waals surface area contributed by atoms with Crippen molar-refractivity contribution in [2.24, 2.45) is 0 Å². The summed E-state index contributed by atoms with van der Waals surface area (Å²) < 4.78 is 0. The van der Waals surface area contributed by atoms with Gasteiger partial charge in [0.15, 0.2) is 0 Å². The molecule has 0 bridgehead atoms. The zero-order chi connectivity index (χ0) is 16.5. The molecule has 4 heteroatoms. The lowest BCUT2D eigenvalue weighted by Crippen LogP contribution is -2.01. The number of carbonyl (C=O) groups is 2. The van der Waals surface area contributed by atoms with Gasteiger partial charge in [-0.15, -0.1) is 0 Å². The van der Waals surface area contributed by atoms with Gasteiger partial charge >= 0.3 is 11.9 Å². The van der Waals surface area contributed by atoms with Crippen LogP contribution in [0.25, 0.3) is 0 Å². The number of aryl methyl sites for hydroxylation is 2. The van der Waals surface area contributed by atoms with E-state index in [1.807, 2.05) is 62.4 Å². The van der Waals surface area contributed by atoms with Crippen LogP contribution in [0.4, 0.5) is 0 Å². The molecule has 4 nitrogen and oxygen atoms in total. The Bertz CT molecular complexity index is 590. The van der Waals surface area contributed by atoms with E-state index in [9.17, 15) is 9.59 Å². The molecule has 2 aromatic rings. The highest BCUT2D eigenvalue weighted by molar-refractivity contribution is 5.71. The fourth-order valence-corrected chi connectivity index (χ4v) is 1.94. The normalized spacial score (nSPS) is 9.55. The topological polar surface area (TPSA) is 74.6 Å². The Morgan fingerprint density at radius 3 is 1.32 bits per heavy atom. The van der Waals surface area contributed by atoms with Gasteiger partial charge in [0, 0.05) is 0 Å². The molecule has 116 valence electrons. The summed E-state index contributed by atoms with van der Waals surface area (Å²) in [5, 5.41) is 17.0. The standard InChI is InChI=1S/2C9H10O2/c2*1-7-4-2-3-5-8(7)6-9(10)11/h2*2-5H,6H2,1H3,(H,10,11). The van der Waals surface area contributed by atoms with E-state index in [2.05, 4.69) is 0 Å². The molecule has 0 aliphatic heterocycles.